The van der Waals surface area contributed by atoms with Gasteiger partial charge in [0.2, 0.25) is 0 Å². The Hall–Kier alpha value is -2.02. The number of rotatable bonds is 3. The Morgan fingerprint density at radius 1 is 1.56 bits per heavy atom. The SMILES string of the molecule is CN=C(NCc1cccc(C#N)c1)NC1CC1C. The molecule has 1 saturated carbocycles. The highest BCUT2D eigenvalue weighted by atomic mass is 15.2. The molecule has 2 rings (SSSR count). The second kappa shape index (κ2) is 5.54. The van der Waals surface area contributed by atoms with Crippen LogP contribution >= 0.6 is 0 Å². The van der Waals surface area contributed by atoms with Gasteiger partial charge >= 0.3 is 0 Å². The van der Waals surface area contributed by atoms with Crippen molar-refractivity contribution in [3.8, 4) is 6.07 Å². The third kappa shape index (κ3) is 3.24. The average Bonchev–Trinajstić information content (AvgIpc) is 3.10. The first kappa shape index (κ1) is 12.4. The molecule has 0 saturated heterocycles. The van der Waals surface area contributed by atoms with Crippen LogP contribution in [0.2, 0.25) is 0 Å². The van der Waals surface area contributed by atoms with Crippen molar-refractivity contribution >= 4 is 5.96 Å². The zero-order valence-electron chi connectivity index (χ0n) is 10.8. The van der Waals surface area contributed by atoms with Crippen molar-refractivity contribution in [1.29, 1.82) is 5.26 Å². The molecule has 2 unspecified atom stereocenters. The first-order valence-corrected chi connectivity index (χ1v) is 6.19. The summed E-state index contributed by atoms with van der Waals surface area (Å²) in [5, 5.41) is 15.5. The zero-order chi connectivity index (χ0) is 13.0. The van der Waals surface area contributed by atoms with E-state index in [1.54, 1.807) is 7.05 Å². The van der Waals surface area contributed by atoms with Crippen molar-refractivity contribution in [2.24, 2.45) is 10.9 Å². The summed E-state index contributed by atoms with van der Waals surface area (Å²) < 4.78 is 0. The van der Waals surface area contributed by atoms with E-state index in [9.17, 15) is 0 Å². The lowest BCUT2D eigenvalue weighted by Gasteiger charge is -2.11. The summed E-state index contributed by atoms with van der Waals surface area (Å²) in [5.74, 6) is 1.57. The van der Waals surface area contributed by atoms with E-state index in [1.165, 1.54) is 6.42 Å². The van der Waals surface area contributed by atoms with E-state index < -0.39 is 0 Å². The van der Waals surface area contributed by atoms with Crippen LogP contribution in [-0.2, 0) is 6.54 Å². The molecule has 1 aromatic rings. The molecule has 0 amide bonds. The molecular formula is C14H18N4. The molecule has 0 heterocycles. The molecule has 0 aromatic heterocycles. The minimum Gasteiger partial charge on any atom is -0.353 e. The van der Waals surface area contributed by atoms with Crippen LogP contribution in [-0.4, -0.2) is 19.0 Å². The van der Waals surface area contributed by atoms with E-state index in [1.807, 2.05) is 24.3 Å². The summed E-state index contributed by atoms with van der Waals surface area (Å²) in [6, 6.07) is 10.3. The third-order valence-electron chi connectivity index (χ3n) is 3.17. The maximum absolute atomic E-state index is 8.84. The standard InChI is InChI=1S/C14H18N4/c1-10-6-13(10)18-14(16-2)17-9-12-5-3-4-11(7-12)8-15/h3-5,7,10,13H,6,9H2,1-2H3,(H2,16,17,18). The van der Waals surface area contributed by atoms with E-state index in [4.69, 9.17) is 5.26 Å². The van der Waals surface area contributed by atoms with Crippen molar-refractivity contribution < 1.29 is 0 Å². The normalized spacial score (nSPS) is 22.2. The molecule has 1 aliphatic carbocycles. The molecule has 18 heavy (non-hydrogen) atoms. The van der Waals surface area contributed by atoms with Crippen LogP contribution in [0.4, 0.5) is 0 Å². The van der Waals surface area contributed by atoms with Gasteiger partial charge in [0.15, 0.2) is 5.96 Å². The molecule has 2 N–H and O–H groups in total. The topological polar surface area (TPSA) is 60.2 Å². The third-order valence-corrected chi connectivity index (χ3v) is 3.17. The highest BCUT2D eigenvalue weighted by molar-refractivity contribution is 5.80. The minimum atomic E-state index is 0.557. The number of nitriles is 1. The number of guanidine groups is 1. The van der Waals surface area contributed by atoms with E-state index in [2.05, 4.69) is 28.6 Å². The first-order chi connectivity index (χ1) is 8.72. The number of benzene rings is 1. The number of hydrogen-bond acceptors (Lipinski definition) is 2. The van der Waals surface area contributed by atoms with Crippen LogP contribution in [0.15, 0.2) is 29.3 Å². The van der Waals surface area contributed by atoms with Gasteiger partial charge in [0.25, 0.3) is 0 Å². The van der Waals surface area contributed by atoms with Gasteiger partial charge in [0.1, 0.15) is 0 Å². The van der Waals surface area contributed by atoms with Gasteiger partial charge in [-0.1, -0.05) is 19.1 Å². The average molecular weight is 242 g/mol. The molecule has 0 spiro atoms. The maximum Gasteiger partial charge on any atom is 0.191 e. The smallest absolute Gasteiger partial charge is 0.191 e. The molecule has 0 bridgehead atoms. The number of hydrogen-bond donors (Lipinski definition) is 2. The fourth-order valence-electron chi connectivity index (χ4n) is 1.83. The molecular weight excluding hydrogens is 224 g/mol. The lowest BCUT2D eigenvalue weighted by atomic mass is 10.1. The minimum absolute atomic E-state index is 0.557. The molecule has 1 fully saturated rings. The van der Waals surface area contributed by atoms with Crippen LogP contribution in [0, 0.1) is 17.2 Å². The van der Waals surface area contributed by atoms with Crippen LogP contribution in [0.5, 0.6) is 0 Å². The van der Waals surface area contributed by atoms with Crippen molar-refractivity contribution in [2.75, 3.05) is 7.05 Å². The molecule has 2 atom stereocenters. The number of aliphatic imine (C=N–C) groups is 1. The van der Waals surface area contributed by atoms with Crippen molar-refractivity contribution in [3.63, 3.8) is 0 Å². The molecule has 4 heteroatoms. The predicted molar refractivity (Wildman–Crippen MR) is 72.1 cm³/mol. The van der Waals surface area contributed by atoms with Crippen molar-refractivity contribution in [3.05, 3.63) is 35.4 Å². The van der Waals surface area contributed by atoms with Gasteiger partial charge in [-0.05, 0) is 30.0 Å². The summed E-state index contributed by atoms with van der Waals surface area (Å²) >= 11 is 0. The van der Waals surface area contributed by atoms with Gasteiger partial charge in [-0.2, -0.15) is 5.26 Å². The van der Waals surface area contributed by atoms with Gasteiger partial charge in [-0.3, -0.25) is 4.99 Å². The fourth-order valence-corrected chi connectivity index (χ4v) is 1.83. The Bertz CT molecular complexity index is 487. The zero-order valence-corrected chi connectivity index (χ0v) is 10.8. The Morgan fingerprint density at radius 2 is 2.33 bits per heavy atom. The lowest BCUT2D eigenvalue weighted by Crippen LogP contribution is -2.38. The van der Waals surface area contributed by atoms with Crippen molar-refractivity contribution in [2.45, 2.75) is 25.9 Å². The Morgan fingerprint density at radius 3 is 2.94 bits per heavy atom. The maximum atomic E-state index is 8.84. The molecule has 0 aliphatic heterocycles. The summed E-state index contributed by atoms with van der Waals surface area (Å²) in [4.78, 5) is 4.19. The molecule has 1 aliphatic rings. The molecule has 4 nitrogen and oxygen atoms in total. The predicted octanol–water partition coefficient (Wildman–Crippen LogP) is 1.63. The Labute approximate surface area is 108 Å². The monoisotopic (exact) mass is 242 g/mol. The van der Waals surface area contributed by atoms with E-state index in [0.717, 1.165) is 17.4 Å². The number of nitrogens with zero attached hydrogens (tertiary/aromatic N) is 2. The highest BCUT2D eigenvalue weighted by Crippen LogP contribution is 2.28. The summed E-state index contributed by atoms with van der Waals surface area (Å²) in [7, 11) is 1.77. The van der Waals surface area contributed by atoms with Gasteiger partial charge < -0.3 is 10.6 Å². The van der Waals surface area contributed by atoms with E-state index >= 15 is 0 Å². The molecule has 0 radical (unpaired) electrons. The lowest BCUT2D eigenvalue weighted by molar-refractivity contribution is 0.763. The number of nitrogens with one attached hydrogen (secondary N) is 2. The summed E-state index contributed by atoms with van der Waals surface area (Å²) in [6.45, 7) is 2.90. The van der Waals surface area contributed by atoms with Crippen LogP contribution in [0.1, 0.15) is 24.5 Å². The molecule has 1 aromatic carbocycles. The van der Waals surface area contributed by atoms with Crippen LogP contribution in [0.3, 0.4) is 0 Å². The second-order valence-electron chi connectivity index (χ2n) is 4.70. The van der Waals surface area contributed by atoms with E-state index in [-0.39, 0.29) is 0 Å². The largest absolute Gasteiger partial charge is 0.353 e. The first-order valence-electron chi connectivity index (χ1n) is 6.19. The van der Waals surface area contributed by atoms with Crippen molar-refractivity contribution in [1.82, 2.24) is 10.6 Å². The molecule has 94 valence electrons. The Balaban J connectivity index is 1.87. The fraction of sp³-hybridized carbons (Fsp3) is 0.429. The second-order valence-corrected chi connectivity index (χ2v) is 4.70. The summed E-state index contributed by atoms with van der Waals surface area (Å²) in [5.41, 5.74) is 1.77. The quantitative estimate of drug-likeness (QED) is 0.625. The van der Waals surface area contributed by atoms with Gasteiger partial charge in [0, 0.05) is 19.6 Å². The highest BCUT2D eigenvalue weighted by Gasteiger charge is 2.33. The van der Waals surface area contributed by atoms with Crippen LogP contribution < -0.4 is 10.6 Å². The summed E-state index contributed by atoms with van der Waals surface area (Å²) in [6.07, 6.45) is 1.21. The van der Waals surface area contributed by atoms with E-state index in [0.29, 0.717) is 18.2 Å². The van der Waals surface area contributed by atoms with Crippen LogP contribution in [0.25, 0.3) is 0 Å². The van der Waals surface area contributed by atoms with Gasteiger partial charge in [-0.15, -0.1) is 0 Å². The van der Waals surface area contributed by atoms with Gasteiger partial charge in [0.05, 0.1) is 11.6 Å². The Kier molecular flexibility index (Phi) is 3.83. The van der Waals surface area contributed by atoms with Gasteiger partial charge in [-0.25, -0.2) is 0 Å².